The Morgan fingerprint density at radius 2 is 1.53 bits per heavy atom. The Morgan fingerprint density at radius 3 is 2.12 bits per heavy atom. The Labute approximate surface area is 192 Å². The molecule has 1 aliphatic heterocycles. The molecule has 1 heterocycles. The van der Waals surface area contributed by atoms with E-state index in [2.05, 4.69) is 14.1 Å². The number of carbonyl (C=O) groups is 1. The van der Waals surface area contributed by atoms with Gasteiger partial charge in [-0.1, -0.05) is 61.4 Å². The molecule has 2 aromatic carbocycles. The maximum atomic E-state index is 13.7. The minimum Gasteiger partial charge on any atom is -0.445 e. The van der Waals surface area contributed by atoms with E-state index in [1.54, 1.807) is 0 Å². The van der Waals surface area contributed by atoms with E-state index in [0.29, 0.717) is 25.9 Å². The minimum atomic E-state index is -1.41. The van der Waals surface area contributed by atoms with E-state index in [1.165, 1.54) is 0 Å². The predicted octanol–water partition coefficient (Wildman–Crippen LogP) is 4.17. The molecular weight excluding hydrogens is 400 g/mol. The molecule has 0 bridgehead atoms. The highest BCUT2D eigenvalue weighted by atomic mass is 16.5. The zero-order valence-electron chi connectivity index (χ0n) is 19.5. The molecule has 32 heavy (non-hydrogen) atoms. The third-order valence-corrected chi connectivity index (χ3v) is 7.53. The van der Waals surface area contributed by atoms with Crippen LogP contribution in [0.3, 0.4) is 0 Å². The second kappa shape index (κ2) is 9.63. The first kappa shape index (κ1) is 22.8. The van der Waals surface area contributed by atoms with Gasteiger partial charge in [-0.25, -0.2) is 0 Å². The van der Waals surface area contributed by atoms with E-state index >= 15 is 0 Å². The first-order valence-electron chi connectivity index (χ1n) is 12.0. The van der Waals surface area contributed by atoms with Crippen molar-refractivity contribution in [3.8, 4) is 5.75 Å². The van der Waals surface area contributed by atoms with Crippen molar-refractivity contribution in [1.29, 1.82) is 0 Å². The molecule has 0 radical (unpaired) electrons. The molecule has 1 saturated heterocycles. The number of carbonyl (C=O) groups excluding carboxylic acids is 1. The molecule has 0 aromatic heterocycles. The topological polar surface area (TPSA) is 49.8 Å². The van der Waals surface area contributed by atoms with Gasteiger partial charge in [0.2, 0.25) is 6.73 Å². The number of nitrogens with zero attached hydrogens (tertiary/aromatic N) is 2. The maximum absolute atomic E-state index is 13.7. The summed E-state index contributed by atoms with van der Waals surface area (Å²) in [7, 11) is 4.40. The highest BCUT2D eigenvalue weighted by Crippen LogP contribution is 2.42. The summed E-state index contributed by atoms with van der Waals surface area (Å²) in [6, 6.07) is 19.9. The molecule has 1 amide bonds. The van der Waals surface area contributed by atoms with Gasteiger partial charge in [-0.05, 0) is 30.5 Å². The lowest BCUT2D eigenvalue weighted by Gasteiger charge is -2.44. The van der Waals surface area contributed by atoms with Gasteiger partial charge >= 0.3 is 0 Å². The molecule has 1 aliphatic carbocycles. The lowest BCUT2D eigenvalue weighted by molar-refractivity contribution is -0.930. The second-order valence-corrected chi connectivity index (χ2v) is 10.0. The molecule has 1 N–H and O–H groups in total. The van der Waals surface area contributed by atoms with E-state index in [-0.39, 0.29) is 11.8 Å². The summed E-state index contributed by atoms with van der Waals surface area (Å²) in [6.07, 6.45) is 5.81. The van der Waals surface area contributed by atoms with E-state index in [1.807, 2.05) is 65.6 Å². The third-order valence-electron chi connectivity index (χ3n) is 7.53. The van der Waals surface area contributed by atoms with Gasteiger partial charge < -0.3 is 14.7 Å². The van der Waals surface area contributed by atoms with E-state index in [9.17, 15) is 9.90 Å². The van der Waals surface area contributed by atoms with Crippen LogP contribution in [0, 0.1) is 5.92 Å². The van der Waals surface area contributed by atoms with Gasteiger partial charge in [0.25, 0.3) is 5.91 Å². The van der Waals surface area contributed by atoms with Crippen molar-refractivity contribution in [2.45, 2.75) is 50.2 Å². The lowest BCUT2D eigenvalue weighted by atomic mass is 9.78. The van der Waals surface area contributed by atoms with Crippen LogP contribution in [0.25, 0.3) is 0 Å². The number of aliphatic hydroxyl groups is 1. The van der Waals surface area contributed by atoms with Crippen molar-refractivity contribution in [1.82, 2.24) is 4.90 Å². The van der Waals surface area contributed by atoms with Crippen LogP contribution in [0.4, 0.5) is 0 Å². The molecule has 0 spiro atoms. The minimum absolute atomic E-state index is 0.00150. The van der Waals surface area contributed by atoms with Crippen LogP contribution >= 0.6 is 0 Å². The Kier molecular flexibility index (Phi) is 6.87. The van der Waals surface area contributed by atoms with Crippen molar-refractivity contribution < 1.29 is 19.1 Å². The van der Waals surface area contributed by atoms with Crippen LogP contribution in [-0.4, -0.2) is 60.4 Å². The van der Waals surface area contributed by atoms with Crippen molar-refractivity contribution in [2.24, 2.45) is 5.92 Å². The van der Waals surface area contributed by atoms with Crippen molar-refractivity contribution in [2.75, 3.05) is 33.9 Å². The third kappa shape index (κ3) is 4.69. The number of likely N-dealkylation sites (tertiary alicyclic amines) is 1. The second-order valence-electron chi connectivity index (χ2n) is 10.0. The van der Waals surface area contributed by atoms with Gasteiger partial charge in [-0.3, -0.25) is 9.28 Å². The van der Waals surface area contributed by atoms with Crippen molar-refractivity contribution in [3.05, 3.63) is 66.2 Å². The van der Waals surface area contributed by atoms with Crippen LogP contribution in [0.15, 0.2) is 60.7 Å². The van der Waals surface area contributed by atoms with E-state index < -0.39 is 5.60 Å². The molecule has 2 aliphatic rings. The number of piperidine rings is 1. The van der Waals surface area contributed by atoms with Crippen molar-refractivity contribution in [3.63, 3.8) is 0 Å². The molecule has 1 saturated carbocycles. The normalized spacial score (nSPS) is 20.2. The van der Waals surface area contributed by atoms with Crippen LogP contribution in [0.2, 0.25) is 0 Å². The summed E-state index contributed by atoms with van der Waals surface area (Å²) in [5, 5.41) is 11.8. The van der Waals surface area contributed by atoms with Crippen LogP contribution in [0.1, 0.15) is 44.1 Å². The molecule has 2 fully saturated rings. The predicted molar refractivity (Wildman–Crippen MR) is 126 cm³/mol. The Hall–Kier alpha value is -2.37. The Bertz CT molecular complexity index is 872. The fourth-order valence-electron chi connectivity index (χ4n) is 5.44. The Morgan fingerprint density at radius 1 is 0.969 bits per heavy atom. The quantitative estimate of drug-likeness (QED) is 0.523. The van der Waals surface area contributed by atoms with Crippen LogP contribution in [0.5, 0.6) is 5.75 Å². The molecule has 1 atom stereocenters. The summed E-state index contributed by atoms with van der Waals surface area (Å²) in [5.41, 5.74) is -0.669. The molecule has 1 unspecified atom stereocenters. The van der Waals surface area contributed by atoms with Gasteiger partial charge in [-0.15, -0.1) is 0 Å². The van der Waals surface area contributed by atoms with Gasteiger partial charge in [0, 0.05) is 31.8 Å². The van der Waals surface area contributed by atoms with Crippen LogP contribution in [-0.2, 0) is 10.4 Å². The van der Waals surface area contributed by atoms with Crippen LogP contribution < -0.4 is 4.74 Å². The summed E-state index contributed by atoms with van der Waals surface area (Å²) in [4.78, 5) is 15.6. The number of benzene rings is 2. The number of hydrogen-bond acceptors (Lipinski definition) is 3. The lowest BCUT2D eigenvalue weighted by Crippen LogP contribution is -2.58. The zero-order chi connectivity index (χ0) is 22.6. The fraction of sp³-hybridized carbons (Fsp3) is 0.519. The number of rotatable bonds is 7. The number of amides is 1. The number of ether oxygens (including phenoxy) is 1. The monoisotopic (exact) mass is 437 g/mol. The largest absolute Gasteiger partial charge is 0.445 e. The standard InChI is InChI=1S/C27H37N2O3/c1-29(2,21-32-25-15-7-4-8-16-25)24-17-19-28(20-18-24)26(30)27(31,23-13-9-10-14-23)22-11-5-3-6-12-22/h3-8,11-12,15-16,23-24,31H,9-10,13-14,17-21H2,1-2H3/q+1. The first-order valence-corrected chi connectivity index (χ1v) is 12.0. The zero-order valence-corrected chi connectivity index (χ0v) is 19.5. The van der Waals surface area contributed by atoms with Gasteiger partial charge in [0.15, 0.2) is 5.60 Å². The SMILES string of the molecule is C[N+](C)(COc1ccccc1)C1CCN(C(=O)C(O)(c2ccccc2)C2CCCC2)CC1. The maximum Gasteiger partial charge on any atom is 0.259 e. The average Bonchev–Trinajstić information content (AvgIpc) is 3.39. The van der Waals surface area contributed by atoms with Gasteiger partial charge in [0.1, 0.15) is 5.75 Å². The summed E-state index contributed by atoms with van der Waals surface area (Å²) in [5.74, 6) is 0.775. The average molecular weight is 438 g/mol. The number of quaternary nitrogens is 1. The number of hydrogen-bond donors (Lipinski definition) is 1. The summed E-state index contributed by atoms with van der Waals surface area (Å²) < 4.78 is 6.78. The summed E-state index contributed by atoms with van der Waals surface area (Å²) in [6.45, 7) is 1.95. The molecule has 5 nitrogen and oxygen atoms in total. The fourth-order valence-corrected chi connectivity index (χ4v) is 5.44. The summed E-state index contributed by atoms with van der Waals surface area (Å²) >= 11 is 0. The molecule has 172 valence electrons. The highest BCUT2D eigenvalue weighted by molar-refractivity contribution is 5.87. The van der Waals surface area contributed by atoms with Crippen molar-refractivity contribution >= 4 is 5.91 Å². The van der Waals surface area contributed by atoms with Gasteiger partial charge in [-0.2, -0.15) is 0 Å². The number of para-hydroxylation sites is 1. The highest BCUT2D eigenvalue weighted by Gasteiger charge is 2.49. The van der Waals surface area contributed by atoms with E-state index in [0.717, 1.165) is 54.3 Å². The molecular formula is C27H37N2O3+. The molecule has 2 aromatic rings. The Balaban J connectivity index is 1.41. The molecule has 5 heteroatoms. The smallest absolute Gasteiger partial charge is 0.259 e. The first-order chi connectivity index (χ1) is 15.4. The van der Waals surface area contributed by atoms with Gasteiger partial charge in [0.05, 0.1) is 20.1 Å². The van der Waals surface area contributed by atoms with E-state index in [4.69, 9.17) is 4.74 Å². The molecule has 4 rings (SSSR count).